The lowest BCUT2D eigenvalue weighted by molar-refractivity contribution is 0.465. The number of hydrogen-bond donors (Lipinski definition) is 1. The summed E-state index contributed by atoms with van der Waals surface area (Å²) in [5, 5.41) is 0.595. The molecule has 0 aromatic carbocycles. The van der Waals surface area contributed by atoms with E-state index in [-0.39, 0.29) is 6.04 Å². The van der Waals surface area contributed by atoms with Crippen molar-refractivity contribution in [2.75, 3.05) is 24.2 Å². The number of piperidine rings is 1. The average molecular weight is 290 g/mol. The zero-order valence-electron chi connectivity index (χ0n) is 10.1. The van der Waals surface area contributed by atoms with E-state index in [2.05, 4.69) is 9.71 Å². The van der Waals surface area contributed by atoms with Crippen molar-refractivity contribution >= 4 is 27.4 Å². The molecule has 2 heterocycles. The molecular weight excluding hydrogens is 274 g/mol. The first-order valence-corrected chi connectivity index (χ1v) is 8.05. The van der Waals surface area contributed by atoms with E-state index in [9.17, 15) is 8.42 Å². The summed E-state index contributed by atoms with van der Waals surface area (Å²) in [4.78, 5) is 6.27. The Morgan fingerprint density at radius 3 is 3.00 bits per heavy atom. The van der Waals surface area contributed by atoms with E-state index in [0.29, 0.717) is 11.6 Å². The van der Waals surface area contributed by atoms with Gasteiger partial charge in [0.1, 0.15) is 5.82 Å². The number of pyridine rings is 1. The lowest BCUT2D eigenvalue weighted by Gasteiger charge is -2.33. The van der Waals surface area contributed by atoms with E-state index in [0.717, 1.165) is 25.2 Å². The van der Waals surface area contributed by atoms with Gasteiger partial charge in [-0.3, -0.25) is 0 Å². The standard InChI is InChI=1S/C11H16ClN3O2S/c1-18(16,17)14-9-4-3-7-15(8-9)11-10(12)5-2-6-13-11/h2,5-6,9,14H,3-4,7-8H2,1H3. The maximum atomic E-state index is 11.2. The quantitative estimate of drug-likeness (QED) is 0.910. The van der Waals surface area contributed by atoms with E-state index in [4.69, 9.17) is 11.6 Å². The van der Waals surface area contributed by atoms with Gasteiger partial charge in [-0.1, -0.05) is 11.6 Å². The summed E-state index contributed by atoms with van der Waals surface area (Å²) in [5.74, 6) is 0.721. The van der Waals surface area contributed by atoms with Crippen molar-refractivity contribution in [3.05, 3.63) is 23.4 Å². The molecular formula is C11H16ClN3O2S. The molecule has 0 bridgehead atoms. The average Bonchev–Trinajstić information content (AvgIpc) is 2.27. The summed E-state index contributed by atoms with van der Waals surface area (Å²) >= 11 is 6.10. The fourth-order valence-electron chi connectivity index (χ4n) is 2.18. The zero-order chi connectivity index (χ0) is 13.2. The smallest absolute Gasteiger partial charge is 0.209 e. The minimum absolute atomic E-state index is 0.0770. The highest BCUT2D eigenvalue weighted by molar-refractivity contribution is 7.88. The van der Waals surface area contributed by atoms with Crippen LogP contribution in [0.1, 0.15) is 12.8 Å². The first-order chi connectivity index (χ1) is 8.46. The zero-order valence-corrected chi connectivity index (χ0v) is 11.7. The van der Waals surface area contributed by atoms with E-state index in [1.54, 1.807) is 18.3 Å². The number of nitrogens with one attached hydrogen (secondary N) is 1. The number of aromatic nitrogens is 1. The summed E-state index contributed by atoms with van der Waals surface area (Å²) in [6.07, 6.45) is 4.63. The molecule has 1 aliphatic rings. The molecule has 1 atom stereocenters. The molecule has 1 aromatic heterocycles. The van der Waals surface area contributed by atoms with E-state index in [1.165, 1.54) is 6.26 Å². The van der Waals surface area contributed by atoms with Gasteiger partial charge in [0.15, 0.2) is 0 Å². The van der Waals surface area contributed by atoms with Crippen LogP contribution in [0.5, 0.6) is 0 Å². The second-order valence-corrected chi connectivity index (χ2v) is 6.67. The number of rotatable bonds is 3. The first-order valence-electron chi connectivity index (χ1n) is 5.78. The molecule has 0 amide bonds. The Morgan fingerprint density at radius 1 is 1.56 bits per heavy atom. The van der Waals surface area contributed by atoms with Gasteiger partial charge in [-0.2, -0.15) is 0 Å². The fourth-order valence-corrected chi connectivity index (χ4v) is 3.22. The summed E-state index contributed by atoms with van der Waals surface area (Å²) in [5.41, 5.74) is 0. The van der Waals surface area contributed by atoms with Crippen molar-refractivity contribution in [3.8, 4) is 0 Å². The van der Waals surface area contributed by atoms with Gasteiger partial charge < -0.3 is 4.90 Å². The van der Waals surface area contributed by atoms with Crippen molar-refractivity contribution in [3.63, 3.8) is 0 Å². The third kappa shape index (κ3) is 3.57. The summed E-state index contributed by atoms with van der Waals surface area (Å²) in [6.45, 7) is 1.45. The molecule has 0 aliphatic carbocycles. The van der Waals surface area contributed by atoms with Crippen LogP contribution in [0.2, 0.25) is 5.02 Å². The topological polar surface area (TPSA) is 62.3 Å². The molecule has 0 radical (unpaired) electrons. The normalized spacial score (nSPS) is 21.0. The molecule has 1 N–H and O–H groups in total. The molecule has 5 nitrogen and oxygen atoms in total. The van der Waals surface area contributed by atoms with E-state index < -0.39 is 10.0 Å². The minimum Gasteiger partial charge on any atom is -0.354 e. The van der Waals surface area contributed by atoms with E-state index in [1.807, 2.05) is 4.90 Å². The third-order valence-electron chi connectivity index (χ3n) is 2.84. The van der Waals surface area contributed by atoms with Crippen LogP contribution in [0, 0.1) is 0 Å². The van der Waals surface area contributed by atoms with Gasteiger partial charge in [0.05, 0.1) is 11.3 Å². The Hall–Kier alpha value is -0.850. The van der Waals surface area contributed by atoms with Gasteiger partial charge in [-0.25, -0.2) is 18.1 Å². The molecule has 7 heteroatoms. The summed E-state index contributed by atoms with van der Waals surface area (Å²) in [6, 6.07) is 3.49. The van der Waals surface area contributed by atoms with Crippen LogP contribution in [0.4, 0.5) is 5.82 Å². The molecule has 0 spiro atoms. The lowest BCUT2D eigenvalue weighted by atomic mass is 10.1. The van der Waals surface area contributed by atoms with Crippen LogP contribution >= 0.6 is 11.6 Å². The highest BCUT2D eigenvalue weighted by Crippen LogP contribution is 2.25. The van der Waals surface area contributed by atoms with Crippen molar-refractivity contribution < 1.29 is 8.42 Å². The van der Waals surface area contributed by atoms with Crippen molar-refractivity contribution in [2.45, 2.75) is 18.9 Å². The van der Waals surface area contributed by atoms with Gasteiger partial charge in [0, 0.05) is 25.3 Å². The number of halogens is 1. The number of anilines is 1. The molecule has 18 heavy (non-hydrogen) atoms. The third-order valence-corrected chi connectivity index (χ3v) is 3.90. The predicted octanol–water partition coefficient (Wildman–Crippen LogP) is 1.25. The molecule has 0 saturated carbocycles. The van der Waals surface area contributed by atoms with Crippen LogP contribution in [-0.2, 0) is 10.0 Å². The summed E-state index contributed by atoms with van der Waals surface area (Å²) < 4.78 is 25.1. The Labute approximate surface area is 112 Å². The van der Waals surface area contributed by atoms with Crippen molar-refractivity contribution in [2.24, 2.45) is 0 Å². The number of nitrogens with zero attached hydrogens (tertiary/aromatic N) is 2. The molecule has 1 unspecified atom stereocenters. The van der Waals surface area contributed by atoms with Crippen LogP contribution in [0.25, 0.3) is 0 Å². The molecule has 2 rings (SSSR count). The Bertz CT molecular complexity index is 521. The molecule has 1 aromatic rings. The second-order valence-electron chi connectivity index (χ2n) is 4.48. The highest BCUT2D eigenvalue weighted by atomic mass is 35.5. The SMILES string of the molecule is CS(=O)(=O)NC1CCCN(c2ncccc2Cl)C1. The number of sulfonamides is 1. The monoisotopic (exact) mass is 289 g/mol. The second kappa shape index (κ2) is 5.42. The van der Waals surface area contributed by atoms with Gasteiger partial charge in [-0.15, -0.1) is 0 Å². The van der Waals surface area contributed by atoms with Gasteiger partial charge in [0.2, 0.25) is 10.0 Å². The lowest BCUT2D eigenvalue weighted by Crippen LogP contribution is -2.47. The van der Waals surface area contributed by atoms with Crippen LogP contribution < -0.4 is 9.62 Å². The van der Waals surface area contributed by atoms with Gasteiger partial charge in [0.25, 0.3) is 0 Å². The van der Waals surface area contributed by atoms with E-state index >= 15 is 0 Å². The molecule has 1 saturated heterocycles. The minimum atomic E-state index is -3.17. The predicted molar refractivity (Wildman–Crippen MR) is 72.5 cm³/mol. The summed E-state index contributed by atoms with van der Waals surface area (Å²) in [7, 11) is -3.17. The Morgan fingerprint density at radius 2 is 2.33 bits per heavy atom. The Kier molecular flexibility index (Phi) is 4.09. The molecule has 1 fully saturated rings. The van der Waals surface area contributed by atoms with Gasteiger partial charge in [-0.05, 0) is 25.0 Å². The number of hydrogen-bond acceptors (Lipinski definition) is 4. The van der Waals surface area contributed by atoms with Crippen LogP contribution in [0.3, 0.4) is 0 Å². The van der Waals surface area contributed by atoms with Gasteiger partial charge >= 0.3 is 0 Å². The van der Waals surface area contributed by atoms with Crippen LogP contribution in [0.15, 0.2) is 18.3 Å². The highest BCUT2D eigenvalue weighted by Gasteiger charge is 2.24. The largest absolute Gasteiger partial charge is 0.354 e. The fraction of sp³-hybridized carbons (Fsp3) is 0.545. The molecule has 1 aliphatic heterocycles. The van der Waals surface area contributed by atoms with Crippen molar-refractivity contribution in [1.82, 2.24) is 9.71 Å². The van der Waals surface area contributed by atoms with Crippen molar-refractivity contribution in [1.29, 1.82) is 0 Å². The first kappa shape index (κ1) is 13.6. The van der Waals surface area contributed by atoms with Crippen LogP contribution in [-0.4, -0.2) is 38.8 Å². The Balaban J connectivity index is 2.10. The molecule has 100 valence electrons. The maximum absolute atomic E-state index is 11.2. The maximum Gasteiger partial charge on any atom is 0.209 e.